The molecule has 1 heterocycles. The van der Waals surface area contributed by atoms with Crippen LogP contribution in [0.1, 0.15) is 39.6 Å². The number of benzene rings is 1. The maximum absolute atomic E-state index is 14.0. The molecular formula is C16H15FO2S. The summed E-state index contributed by atoms with van der Waals surface area (Å²) in [6.07, 6.45) is 2.77. The molecule has 1 aromatic heterocycles. The third-order valence-corrected chi connectivity index (χ3v) is 4.81. The molecule has 0 bridgehead atoms. The zero-order chi connectivity index (χ0) is 14.1. The summed E-state index contributed by atoms with van der Waals surface area (Å²) < 4.78 is 19.2. The minimum atomic E-state index is -0.503. The van der Waals surface area contributed by atoms with E-state index in [9.17, 15) is 9.18 Å². The third kappa shape index (κ3) is 2.14. The van der Waals surface area contributed by atoms with Crippen molar-refractivity contribution in [1.29, 1.82) is 0 Å². The number of hydrogen-bond acceptors (Lipinski definition) is 3. The van der Waals surface area contributed by atoms with Gasteiger partial charge in [-0.25, -0.2) is 4.39 Å². The Bertz CT molecular complexity index is 648. The lowest BCUT2D eigenvalue weighted by Crippen LogP contribution is -2.19. The van der Waals surface area contributed by atoms with Crippen molar-refractivity contribution in [2.45, 2.75) is 25.2 Å². The summed E-state index contributed by atoms with van der Waals surface area (Å²) in [5, 5.41) is 2.01. The van der Waals surface area contributed by atoms with E-state index in [2.05, 4.69) is 0 Å². The summed E-state index contributed by atoms with van der Waals surface area (Å²) >= 11 is 1.68. The third-order valence-electron chi connectivity index (χ3n) is 3.81. The van der Waals surface area contributed by atoms with Gasteiger partial charge in [-0.05, 0) is 48.4 Å². The summed E-state index contributed by atoms with van der Waals surface area (Å²) in [6.45, 7) is 0. The van der Waals surface area contributed by atoms with E-state index in [0.717, 1.165) is 24.8 Å². The van der Waals surface area contributed by atoms with Crippen LogP contribution in [0.3, 0.4) is 0 Å². The Kier molecular flexibility index (Phi) is 3.57. The molecule has 0 amide bonds. The number of fused-ring (bicyclic) bond motifs is 1. The average Bonchev–Trinajstić information content (AvgIpc) is 2.94. The standard InChI is InChI=1S/C16H15FO2S/c1-19-13-6-3-5-12(17)15(13)16(18)11-4-2-7-14-10(11)8-9-20-14/h3,5-6,8-9,11H,2,4,7H2,1H3. The van der Waals surface area contributed by atoms with Crippen molar-refractivity contribution in [2.75, 3.05) is 7.11 Å². The van der Waals surface area contributed by atoms with Gasteiger partial charge in [0.1, 0.15) is 11.6 Å². The van der Waals surface area contributed by atoms with Crippen LogP contribution in [0, 0.1) is 5.82 Å². The van der Waals surface area contributed by atoms with Crippen molar-refractivity contribution >= 4 is 17.1 Å². The topological polar surface area (TPSA) is 26.3 Å². The SMILES string of the molecule is COc1cccc(F)c1C(=O)C1CCCc2sccc21. The Hall–Kier alpha value is -1.68. The number of rotatable bonds is 3. The van der Waals surface area contributed by atoms with Crippen molar-refractivity contribution in [3.8, 4) is 5.75 Å². The number of hydrogen-bond donors (Lipinski definition) is 0. The lowest BCUT2D eigenvalue weighted by molar-refractivity contribution is 0.0944. The number of halogens is 1. The van der Waals surface area contributed by atoms with Crippen LogP contribution in [0.4, 0.5) is 4.39 Å². The molecule has 1 aliphatic carbocycles. The minimum Gasteiger partial charge on any atom is -0.496 e. The van der Waals surface area contributed by atoms with Gasteiger partial charge in [0.15, 0.2) is 5.78 Å². The fraction of sp³-hybridized carbons (Fsp3) is 0.312. The van der Waals surface area contributed by atoms with E-state index in [1.165, 1.54) is 18.1 Å². The minimum absolute atomic E-state index is 0.0825. The van der Waals surface area contributed by atoms with E-state index < -0.39 is 5.82 Å². The maximum atomic E-state index is 14.0. The van der Waals surface area contributed by atoms with Gasteiger partial charge in [0.2, 0.25) is 0 Å². The van der Waals surface area contributed by atoms with Gasteiger partial charge in [-0.15, -0.1) is 11.3 Å². The van der Waals surface area contributed by atoms with Crippen molar-refractivity contribution < 1.29 is 13.9 Å². The van der Waals surface area contributed by atoms with E-state index in [0.29, 0.717) is 5.75 Å². The van der Waals surface area contributed by atoms with Crippen molar-refractivity contribution in [2.24, 2.45) is 0 Å². The molecule has 1 aromatic carbocycles. The molecule has 0 saturated heterocycles. The highest BCUT2D eigenvalue weighted by Crippen LogP contribution is 2.38. The molecule has 0 aliphatic heterocycles. The molecule has 4 heteroatoms. The molecule has 0 radical (unpaired) electrons. The number of aryl methyl sites for hydroxylation is 1. The fourth-order valence-electron chi connectivity index (χ4n) is 2.85. The van der Waals surface area contributed by atoms with Gasteiger partial charge < -0.3 is 4.74 Å². The number of ether oxygens (including phenoxy) is 1. The molecule has 20 heavy (non-hydrogen) atoms. The van der Waals surface area contributed by atoms with Gasteiger partial charge in [0.05, 0.1) is 12.7 Å². The molecule has 0 N–H and O–H groups in total. The smallest absolute Gasteiger partial charge is 0.177 e. The van der Waals surface area contributed by atoms with Crippen LogP contribution < -0.4 is 4.74 Å². The zero-order valence-electron chi connectivity index (χ0n) is 11.2. The molecule has 1 aliphatic rings. The van der Waals surface area contributed by atoms with Crippen LogP contribution in [0.25, 0.3) is 0 Å². The van der Waals surface area contributed by atoms with Crippen LogP contribution in [-0.4, -0.2) is 12.9 Å². The molecule has 0 saturated carbocycles. The van der Waals surface area contributed by atoms with Gasteiger partial charge in [0.25, 0.3) is 0 Å². The second kappa shape index (κ2) is 5.37. The normalized spacial score (nSPS) is 17.6. The van der Waals surface area contributed by atoms with E-state index in [1.807, 2.05) is 11.4 Å². The Balaban J connectivity index is 2.03. The van der Waals surface area contributed by atoms with Gasteiger partial charge in [-0.2, -0.15) is 0 Å². The average molecular weight is 290 g/mol. The first-order chi connectivity index (χ1) is 9.72. The molecule has 0 fully saturated rings. The maximum Gasteiger partial charge on any atom is 0.177 e. The quantitative estimate of drug-likeness (QED) is 0.792. The number of carbonyl (C=O) groups is 1. The van der Waals surface area contributed by atoms with Crippen LogP contribution in [0.2, 0.25) is 0 Å². The van der Waals surface area contributed by atoms with E-state index >= 15 is 0 Å². The largest absolute Gasteiger partial charge is 0.496 e. The predicted octanol–water partition coefficient (Wildman–Crippen LogP) is 4.20. The van der Waals surface area contributed by atoms with Gasteiger partial charge in [0, 0.05) is 10.8 Å². The van der Waals surface area contributed by atoms with Crippen LogP contribution >= 0.6 is 11.3 Å². The Morgan fingerprint density at radius 3 is 3.05 bits per heavy atom. The molecule has 2 nitrogen and oxygen atoms in total. The summed E-state index contributed by atoms with van der Waals surface area (Å²) in [5.74, 6) is -0.593. The van der Waals surface area contributed by atoms with Crippen LogP contribution in [0.5, 0.6) is 5.75 Å². The molecule has 104 valence electrons. The second-order valence-corrected chi connectivity index (χ2v) is 5.93. The molecular weight excluding hydrogens is 275 g/mol. The fourth-order valence-corrected chi connectivity index (χ4v) is 3.83. The monoisotopic (exact) mass is 290 g/mol. The highest BCUT2D eigenvalue weighted by Gasteiger charge is 2.31. The number of Topliss-reactive ketones (excluding diaryl/α,β-unsaturated/α-hetero) is 1. The lowest BCUT2D eigenvalue weighted by atomic mass is 9.82. The number of thiophene rings is 1. The lowest BCUT2D eigenvalue weighted by Gasteiger charge is -2.22. The molecule has 0 spiro atoms. The first kappa shape index (κ1) is 13.3. The first-order valence-corrected chi connectivity index (χ1v) is 7.53. The summed E-state index contributed by atoms with van der Waals surface area (Å²) in [7, 11) is 1.46. The predicted molar refractivity (Wildman–Crippen MR) is 77.3 cm³/mol. The van der Waals surface area contributed by atoms with Crippen LogP contribution in [0.15, 0.2) is 29.6 Å². The van der Waals surface area contributed by atoms with Crippen molar-refractivity contribution in [3.05, 3.63) is 51.5 Å². The zero-order valence-corrected chi connectivity index (χ0v) is 12.0. The highest BCUT2D eigenvalue weighted by atomic mass is 32.1. The first-order valence-electron chi connectivity index (χ1n) is 6.65. The Morgan fingerprint density at radius 2 is 2.25 bits per heavy atom. The molecule has 2 aromatic rings. The van der Waals surface area contributed by atoms with E-state index in [-0.39, 0.29) is 17.3 Å². The number of carbonyl (C=O) groups excluding carboxylic acids is 1. The Morgan fingerprint density at radius 1 is 1.40 bits per heavy atom. The Labute approximate surface area is 121 Å². The van der Waals surface area contributed by atoms with Crippen LogP contribution in [-0.2, 0) is 6.42 Å². The summed E-state index contributed by atoms with van der Waals surface area (Å²) in [6, 6.07) is 6.50. The van der Waals surface area contributed by atoms with Gasteiger partial charge in [-0.1, -0.05) is 6.07 Å². The summed E-state index contributed by atoms with van der Waals surface area (Å²) in [5.41, 5.74) is 1.15. The molecule has 1 unspecified atom stereocenters. The second-order valence-electron chi connectivity index (χ2n) is 4.93. The number of methoxy groups -OCH3 is 1. The summed E-state index contributed by atoms with van der Waals surface area (Å²) in [4.78, 5) is 14.0. The van der Waals surface area contributed by atoms with Gasteiger partial charge in [-0.3, -0.25) is 4.79 Å². The van der Waals surface area contributed by atoms with Gasteiger partial charge >= 0.3 is 0 Å². The van der Waals surface area contributed by atoms with Crippen molar-refractivity contribution in [1.82, 2.24) is 0 Å². The molecule has 1 atom stereocenters. The highest BCUT2D eigenvalue weighted by molar-refractivity contribution is 7.10. The number of ketones is 1. The molecule has 3 rings (SSSR count). The van der Waals surface area contributed by atoms with E-state index in [1.54, 1.807) is 23.5 Å². The van der Waals surface area contributed by atoms with E-state index in [4.69, 9.17) is 4.74 Å². The van der Waals surface area contributed by atoms with Crippen molar-refractivity contribution in [3.63, 3.8) is 0 Å².